The summed E-state index contributed by atoms with van der Waals surface area (Å²) in [6, 6.07) is 5.18. The monoisotopic (exact) mass is 259 g/mol. The molecule has 0 radical (unpaired) electrons. The van der Waals surface area contributed by atoms with Gasteiger partial charge in [0.1, 0.15) is 12.4 Å². The maximum absolute atomic E-state index is 12.2. The molecule has 0 N–H and O–H groups in total. The number of ether oxygens (including phenoxy) is 1. The Bertz CT molecular complexity index is 557. The van der Waals surface area contributed by atoms with Gasteiger partial charge >= 0.3 is 0 Å². The fraction of sp³-hybridized carbons (Fsp3) is 0.333. The van der Waals surface area contributed by atoms with Gasteiger partial charge in [-0.2, -0.15) is 0 Å². The van der Waals surface area contributed by atoms with Gasteiger partial charge in [-0.1, -0.05) is 5.57 Å². The van der Waals surface area contributed by atoms with Crippen LogP contribution in [0.1, 0.15) is 31.1 Å². The molecule has 0 atom stereocenters. The zero-order chi connectivity index (χ0) is 14.0. The number of hydrogen-bond acceptors (Lipinski definition) is 3. The van der Waals surface area contributed by atoms with Crippen molar-refractivity contribution in [1.29, 1.82) is 0 Å². The highest BCUT2D eigenvalue weighted by atomic mass is 16.5. The first-order valence-corrected chi connectivity index (χ1v) is 6.23. The second kappa shape index (κ2) is 5.26. The summed E-state index contributed by atoms with van der Waals surface area (Å²) >= 11 is 0. The number of ketones is 1. The van der Waals surface area contributed by atoms with Gasteiger partial charge in [-0.25, -0.2) is 0 Å². The molecule has 4 nitrogen and oxygen atoms in total. The molecule has 0 bridgehead atoms. The first kappa shape index (κ1) is 13.3. The predicted octanol–water partition coefficient (Wildman–Crippen LogP) is 2.58. The molecule has 1 amide bonds. The second-order valence-electron chi connectivity index (χ2n) is 4.80. The van der Waals surface area contributed by atoms with Crippen LogP contribution in [0.4, 0.5) is 5.69 Å². The van der Waals surface area contributed by atoms with E-state index in [0.29, 0.717) is 30.2 Å². The van der Waals surface area contributed by atoms with Crippen molar-refractivity contribution in [3.05, 3.63) is 35.4 Å². The lowest BCUT2D eigenvalue weighted by Crippen LogP contribution is -2.37. The maximum Gasteiger partial charge on any atom is 0.251 e. The number of amides is 1. The van der Waals surface area contributed by atoms with E-state index in [1.54, 1.807) is 29.2 Å². The molecule has 0 saturated carbocycles. The largest absolute Gasteiger partial charge is 0.490 e. The average Bonchev–Trinajstić information content (AvgIpc) is 2.36. The Morgan fingerprint density at radius 2 is 2.00 bits per heavy atom. The Morgan fingerprint density at radius 1 is 1.26 bits per heavy atom. The van der Waals surface area contributed by atoms with Crippen LogP contribution < -0.4 is 9.64 Å². The number of anilines is 1. The molecule has 0 fully saturated rings. The number of fused-ring (bicyclic) bond motifs is 1. The van der Waals surface area contributed by atoms with E-state index in [9.17, 15) is 9.59 Å². The molecule has 0 saturated heterocycles. The number of allylic oxidation sites excluding steroid dienone is 1. The summed E-state index contributed by atoms with van der Waals surface area (Å²) in [7, 11) is 0. The summed E-state index contributed by atoms with van der Waals surface area (Å²) in [5.41, 5.74) is 2.20. The number of carbonyl (C=O) groups excluding carboxylic acids is 2. The molecule has 0 unspecified atom stereocenters. The standard InChI is InChI=1S/C15H17NO3/c1-10(2)8-15(18)16-6-7-19-14-5-4-12(11(3)17)9-13(14)16/h4-5,8-9H,6-7H2,1-3H3. The van der Waals surface area contributed by atoms with Gasteiger partial charge in [0.15, 0.2) is 5.78 Å². The second-order valence-corrected chi connectivity index (χ2v) is 4.80. The molecular weight excluding hydrogens is 242 g/mol. The van der Waals surface area contributed by atoms with Gasteiger partial charge in [0.2, 0.25) is 0 Å². The summed E-state index contributed by atoms with van der Waals surface area (Å²) in [5.74, 6) is 0.542. The van der Waals surface area contributed by atoms with Gasteiger partial charge in [-0.15, -0.1) is 0 Å². The third kappa shape index (κ3) is 2.84. The smallest absolute Gasteiger partial charge is 0.251 e. The van der Waals surface area contributed by atoms with Gasteiger partial charge in [0.05, 0.1) is 12.2 Å². The van der Waals surface area contributed by atoms with Crippen LogP contribution >= 0.6 is 0 Å². The summed E-state index contributed by atoms with van der Waals surface area (Å²) in [5, 5.41) is 0. The van der Waals surface area contributed by atoms with Crippen molar-refractivity contribution in [3.63, 3.8) is 0 Å². The third-order valence-corrected chi connectivity index (χ3v) is 2.91. The quantitative estimate of drug-likeness (QED) is 0.606. The molecule has 1 aliphatic rings. The van der Waals surface area contributed by atoms with Crippen LogP contribution in [-0.2, 0) is 4.79 Å². The van der Waals surface area contributed by atoms with E-state index < -0.39 is 0 Å². The highest BCUT2D eigenvalue weighted by Gasteiger charge is 2.23. The van der Waals surface area contributed by atoms with Gasteiger partial charge in [0, 0.05) is 11.6 Å². The minimum atomic E-state index is -0.0785. The lowest BCUT2D eigenvalue weighted by molar-refractivity contribution is -0.114. The topological polar surface area (TPSA) is 46.6 Å². The van der Waals surface area contributed by atoms with Gasteiger partial charge in [-0.3, -0.25) is 9.59 Å². The van der Waals surface area contributed by atoms with Crippen molar-refractivity contribution < 1.29 is 14.3 Å². The highest BCUT2D eigenvalue weighted by molar-refractivity contribution is 6.04. The zero-order valence-electron chi connectivity index (χ0n) is 11.4. The maximum atomic E-state index is 12.2. The Balaban J connectivity index is 2.42. The van der Waals surface area contributed by atoms with Gasteiger partial charge in [0.25, 0.3) is 5.91 Å². The van der Waals surface area contributed by atoms with Crippen LogP contribution in [0.3, 0.4) is 0 Å². The fourth-order valence-electron chi connectivity index (χ4n) is 1.99. The minimum Gasteiger partial charge on any atom is -0.490 e. The molecule has 2 rings (SSSR count). The summed E-state index contributed by atoms with van der Waals surface area (Å²) < 4.78 is 5.52. The van der Waals surface area contributed by atoms with Crippen LogP contribution in [0.5, 0.6) is 5.75 Å². The van der Waals surface area contributed by atoms with Crippen LogP contribution in [0.15, 0.2) is 29.8 Å². The molecule has 1 aliphatic heterocycles. The SMILES string of the molecule is CC(=O)c1ccc2c(c1)N(C(=O)C=C(C)C)CCO2. The van der Waals surface area contributed by atoms with E-state index in [0.717, 1.165) is 5.57 Å². The molecule has 4 heteroatoms. The Hall–Kier alpha value is -2.10. The molecule has 100 valence electrons. The number of nitrogens with zero attached hydrogens (tertiary/aromatic N) is 1. The zero-order valence-corrected chi connectivity index (χ0v) is 11.4. The van der Waals surface area contributed by atoms with E-state index in [2.05, 4.69) is 0 Å². The van der Waals surface area contributed by atoms with E-state index in [4.69, 9.17) is 4.74 Å². The van der Waals surface area contributed by atoms with Crippen LogP contribution in [0.2, 0.25) is 0 Å². The normalized spacial score (nSPS) is 13.3. The van der Waals surface area contributed by atoms with Crippen molar-refractivity contribution in [1.82, 2.24) is 0 Å². The van der Waals surface area contributed by atoms with E-state index in [1.165, 1.54) is 6.92 Å². The van der Waals surface area contributed by atoms with E-state index >= 15 is 0 Å². The summed E-state index contributed by atoms with van der Waals surface area (Å²) in [6.45, 7) is 6.23. The van der Waals surface area contributed by atoms with Crippen molar-refractivity contribution in [3.8, 4) is 5.75 Å². The summed E-state index contributed by atoms with van der Waals surface area (Å²) in [4.78, 5) is 25.2. The molecule has 1 aromatic carbocycles. The Kier molecular flexibility index (Phi) is 3.69. The molecule has 0 aliphatic carbocycles. The van der Waals surface area contributed by atoms with Gasteiger partial charge < -0.3 is 9.64 Å². The molecule has 1 aromatic rings. The van der Waals surface area contributed by atoms with Crippen LogP contribution in [0, 0.1) is 0 Å². The van der Waals surface area contributed by atoms with Crippen molar-refractivity contribution >= 4 is 17.4 Å². The third-order valence-electron chi connectivity index (χ3n) is 2.91. The Labute approximate surface area is 112 Å². The number of rotatable bonds is 2. The molecule has 0 aromatic heterocycles. The first-order chi connectivity index (χ1) is 8.99. The fourth-order valence-corrected chi connectivity index (χ4v) is 1.99. The summed E-state index contributed by atoms with van der Waals surface area (Å²) in [6.07, 6.45) is 1.59. The lowest BCUT2D eigenvalue weighted by atomic mass is 10.1. The lowest BCUT2D eigenvalue weighted by Gasteiger charge is -2.29. The number of Topliss-reactive ketones (excluding diaryl/α,β-unsaturated/α-hetero) is 1. The first-order valence-electron chi connectivity index (χ1n) is 6.23. The molecule has 19 heavy (non-hydrogen) atoms. The van der Waals surface area contributed by atoms with Crippen molar-refractivity contribution in [2.24, 2.45) is 0 Å². The van der Waals surface area contributed by atoms with Crippen molar-refractivity contribution in [2.45, 2.75) is 20.8 Å². The Morgan fingerprint density at radius 3 is 2.63 bits per heavy atom. The average molecular weight is 259 g/mol. The van der Waals surface area contributed by atoms with Crippen LogP contribution in [0.25, 0.3) is 0 Å². The van der Waals surface area contributed by atoms with E-state index in [1.807, 2.05) is 13.8 Å². The van der Waals surface area contributed by atoms with Crippen LogP contribution in [-0.4, -0.2) is 24.8 Å². The van der Waals surface area contributed by atoms with Crippen molar-refractivity contribution in [2.75, 3.05) is 18.1 Å². The number of carbonyl (C=O) groups is 2. The number of benzene rings is 1. The highest BCUT2D eigenvalue weighted by Crippen LogP contribution is 2.32. The molecule has 1 heterocycles. The predicted molar refractivity (Wildman–Crippen MR) is 73.7 cm³/mol. The minimum absolute atomic E-state index is 0.0250. The molecular formula is C15H17NO3. The van der Waals surface area contributed by atoms with E-state index in [-0.39, 0.29) is 11.7 Å². The number of hydrogen-bond donors (Lipinski definition) is 0. The molecule has 0 spiro atoms. The van der Waals surface area contributed by atoms with Gasteiger partial charge in [-0.05, 0) is 39.0 Å².